The van der Waals surface area contributed by atoms with Gasteiger partial charge in [0, 0.05) is 19.2 Å². The van der Waals surface area contributed by atoms with Crippen molar-refractivity contribution in [2.45, 2.75) is 19.4 Å². The molecule has 20 heavy (non-hydrogen) atoms. The van der Waals surface area contributed by atoms with Gasteiger partial charge in [0.05, 0.1) is 5.75 Å². The van der Waals surface area contributed by atoms with Crippen LogP contribution < -0.4 is 0 Å². The van der Waals surface area contributed by atoms with Gasteiger partial charge in [0.1, 0.15) is 6.61 Å². The number of nitrogens with zero attached hydrogens (tertiary/aromatic N) is 1. The molecule has 1 aliphatic carbocycles. The van der Waals surface area contributed by atoms with Crippen LogP contribution in [0.2, 0.25) is 0 Å². The smallest absolute Gasteiger partial charge is 0.214 e. The van der Waals surface area contributed by atoms with Gasteiger partial charge in [0.25, 0.3) is 0 Å². The maximum atomic E-state index is 12.1. The Kier molecular flexibility index (Phi) is 4.81. The predicted octanol–water partition coefficient (Wildman–Crippen LogP) is 1.20. The summed E-state index contributed by atoms with van der Waals surface area (Å²) in [5.41, 5.74) is 1.68. The first kappa shape index (κ1) is 15.0. The molecule has 1 aromatic rings. The van der Waals surface area contributed by atoms with E-state index >= 15 is 0 Å². The molecule has 1 saturated carbocycles. The van der Waals surface area contributed by atoms with E-state index in [-0.39, 0.29) is 12.4 Å². The molecule has 1 aliphatic rings. The molecule has 0 saturated heterocycles. The summed E-state index contributed by atoms with van der Waals surface area (Å²) in [5, 5.41) is 8.68. The monoisotopic (exact) mass is 293 g/mol. The highest BCUT2D eigenvalue weighted by Crippen LogP contribution is 2.31. The van der Waals surface area contributed by atoms with Crippen molar-refractivity contribution < 1.29 is 13.5 Å². The average molecular weight is 293 g/mol. The molecule has 5 heteroatoms. The highest BCUT2D eigenvalue weighted by atomic mass is 32.2. The van der Waals surface area contributed by atoms with Gasteiger partial charge in [-0.1, -0.05) is 24.0 Å². The molecular weight excluding hydrogens is 274 g/mol. The lowest BCUT2D eigenvalue weighted by Gasteiger charge is -2.17. The Morgan fingerprint density at radius 3 is 2.80 bits per heavy atom. The average Bonchev–Trinajstić information content (AvgIpc) is 3.20. The lowest BCUT2D eigenvalue weighted by molar-refractivity contribution is 0.350. The van der Waals surface area contributed by atoms with Gasteiger partial charge >= 0.3 is 0 Å². The molecular formula is C15H19NO3S. The first-order valence-corrected chi connectivity index (χ1v) is 8.25. The van der Waals surface area contributed by atoms with Gasteiger partial charge in [-0.25, -0.2) is 12.7 Å². The van der Waals surface area contributed by atoms with Crippen LogP contribution in [-0.2, 0) is 16.6 Å². The van der Waals surface area contributed by atoms with Crippen molar-refractivity contribution in [3.8, 4) is 11.8 Å². The third kappa shape index (κ3) is 4.34. The molecule has 0 aromatic heterocycles. The van der Waals surface area contributed by atoms with Crippen molar-refractivity contribution in [3.63, 3.8) is 0 Å². The van der Waals surface area contributed by atoms with Crippen molar-refractivity contribution in [2.24, 2.45) is 5.92 Å². The van der Waals surface area contributed by atoms with Crippen LogP contribution in [0, 0.1) is 17.8 Å². The van der Waals surface area contributed by atoms with Gasteiger partial charge < -0.3 is 5.11 Å². The topological polar surface area (TPSA) is 57.6 Å². The molecule has 0 heterocycles. The number of hydrogen-bond donors (Lipinski definition) is 1. The van der Waals surface area contributed by atoms with Crippen LogP contribution in [-0.4, -0.2) is 37.2 Å². The van der Waals surface area contributed by atoms with Crippen LogP contribution in [0.4, 0.5) is 0 Å². The van der Waals surface area contributed by atoms with Gasteiger partial charge in [-0.15, -0.1) is 0 Å². The van der Waals surface area contributed by atoms with Gasteiger partial charge in [-0.2, -0.15) is 0 Å². The molecule has 0 atom stereocenters. The van der Waals surface area contributed by atoms with Gasteiger partial charge in [-0.05, 0) is 36.5 Å². The van der Waals surface area contributed by atoms with Crippen molar-refractivity contribution in [3.05, 3.63) is 35.4 Å². The van der Waals surface area contributed by atoms with Crippen LogP contribution in [0.3, 0.4) is 0 Å². The molecule has 0 radical (unpaired) electrons. The van der Waals surface area contributed by atoms with Crippen molar-refractivity contribution in [2.75, 3.05) is 19.4 Å². The molecule has 0 unspecified atom stereocenters. The van der Waals surface area contributed by atoms with Gasteiger partial charge in [0.2, 0.25) is 10.0 Å². The van der Waals surface area contributed by atoms with Crippen LogP contribution in [0.15, 0.2) is 24.3 Å². The SMILES string of the molecule is CN(Cc1cccc(C#CCO)c1)S(=O)(=O)CC1CC1. The zero-order valence-corrected chi connectivity index (χ0v) is 12.4. The van der Waals surface area contributed by atoms with Crippen molar-refractivity contribution >= 4 is 10.0 Å². The number of aliphatic hydroxyl groups is 1. The summed E-state index contributed by atoms with van der Waals surface area (Å²) >= 11 is 0. The number of aliphatic hydroxyl groups excluding tert-OH is 1. The Morgan fingerprint density at radius 2 is 2.15 bits per heavy atom. The minimum absolute atomic E-state index is 0.181. The minimum Gasteiger partial charge on any atom is -0.384 e. The normalized spacial score (nSPS) is 14.9. The molecule has 1 aromatic carbocycles. The van der Waals surface area contributed by atoms with Gasteiger partial charge in [-0.3, -0.25) is 0 Å². The van der Waals surface area contributed by atoms with Crippen LogP contribution in [0.1, 0.15) is 24.0 Å². The fourth-order valence-corrected chi connectivity index (χ4v) is 3.48. The van der Waals surface area contributed by atoms with Gasteiger partial charge in [0.15, 0.2) is 0 Å². The fraction of sp³-hybridized carbons (Fsp3) is 0.467. The summed E-state index contributed by atoms with van der Waals surface area (Å²) in [6, 6.07) is 7.42. The summed E-state index contributed by atoms with van der Waals surface area (Å²) in [4.78, 5) is 0. The summed E-state index contributed by atoms with van der Waals surface area (Å²) in [6.45, 7) is 0.170. The summed E-state index contributed by atoms with van der Waals surface area (Å²) in [6.07, 6.45) is 2.05. The molecule has 1 N–H and O–H groups in total. The highest BCUT2D eigenvalue weighted by Gasteiger charge is 2.30. The predicted molar refractivity (Wildman–Crippen MR) is 78.4 cm³/mol. The lowest BCUT2D eigenvalue weighted by Crippen LogP contribution is -2.29. The summed E-state index contributed by atoms with van der Waals surface area (Å²) < 4.78 is 25.6. The molecule has 0 bridgehead atoms. The molecule has 1 fully saturated rings. The molecule has 4 nitrogen and oxygen atoms in total. The number of rotatable bonds is 5. The maximum Gasteiger partial charge on any atom is 0.214 e. The zero-order chi connectivity index (χ0) is 14.6. The van der Waals surface area contributed by atoms with Crippen LogP contribution in [0.25, 0.3) is 0 Å². The summed E-state index contributed by atoms with van der Waals surface area (Å²) in [7, 11) is -1.55. The van der Waals surface area contributed by atoms with E-state index in [9.17, 15) is 8.42 Å². The number of hydrogen-bond acceptors (Lipinski definition) is 3. The van der Waals surface area contributed by atoms with E-state index in [2.05, 4.69) is 11.8 Å². The molecule has 0 amide bonds. The van der Waals surface area contributed by atoms with Crippen LogP contribution in [0.5, 0.6) is 0 Å². The zero-order valence-electron chi connectivity index (χ0n) is 11.5. The van der Waals surface area contributed by atoms with E-state index in [1.165, 1.54) is 4.31 Å². The molecule has 0 spiro atoms. The number of sulfonamides is 1. The van der Waals surface area contributed by atoms with E-state index < -0.39 is 10.0 Å². The van der Waals surface area contributed by atoms with E-state index in [0.29, 0.717) is 12.5 Å². The Hall–Kier alpha value is -1.35. The molecule has 0 aliphatic heterocycles. The second kappa shape index (κ2) is 6.40. The quantitative estimate of drug-likeness (QED) is 0.830. The first-order valence-electron chi connectivity index (χ1n) is 6.64. The first-order chi connectivity index (χ1) is 9.51. The van der Waals surface area contributed by atoms with E-state index in [4.69, 9.17) is 5.11 Å². The third-order valence-corrected chi connectivity index (χ3v) is 5.23. The Morgan fingerprint density at radius 1 is 1.40 bits per heavy atom. The van der Waals surface area contributed by atoms with E-state index in [0.717, 1.165) is 24.0 Å². The second-order valence-electron chi connectivity index (χ2n) is 5.14. The largest absolute Gasteiger partial charge is 0.384 e. The molecule has 2 rings (SSSR count). The Balaban J connectivity index is 2.05. The van der Waals surface area contributed by atoms with Crippen molar-refractivity contribution in [1.82, 2.24) is 4.31 Å². The Labute approximate surface area is 120 Å². The maximum absolute atomic E-state index is 12.1. The number of benzene rings is 1. The van der Waals surface area contributed by atoms with Crippen molar-refractivity contribution in [1.29, 1.82) is 0 Å². The fourth-order valence-electron chi connectivity index (χ4n) is 1.95. The van der Waals surface area contributed by atoms with Crippen LogP contribution >= 0.6 is 0 Å². The van der Waals surface area contributed by atoms with E-state index in [1.807, 2.05) is 24.3 Å². The standard InChI is InChI=1S/C15H19NO3S/c1-16(20(18,19)12-14-7-8-14)11-15-5-2-4-13(10-15)6-3-9-17/h2,4-5,10,14,17H,7-9,11-12H2,1H3. The van der Waals surface area contributed by atoms with E-state index in [1.54, 1.807) is 7.05 Å². The Bertz CT molecular complexity index is 624. The highest BCUT2D eigenvalue weighted by molar-refractivity contribution is 7.89. The third-order valence-electron chi connectivity index (χ3n) is 3.26. The molecule has 108 valence electrons. The second-order valence-corrected chi connectivity index (χ2v) is 7.26. The summed E-state index contributed by atoms with van der Waals surface area (Å²) in [5.74, 6) is 6.01. The minimum atomic E-state index is -3.17. The lowest BCUT2D eigenvalue weighted by atomic mass is 10.1.